The SMILES string of the molecule is CCN1C2=C(CCC=C2)C(C)(C)/C1=C\C=C1/CCCC(/C=C/C2=[N+](CCCCCC(=O)Oc3ccccc3)c3ccccc3C2(C)C)=C1Cl. The summed E-state index contributed by atoms with van der Waals surface area (Å²) in [4.78, 5) is 14.9. The monoisotopic (exact) mass is 675 g/mol. The lowest BCUT2D eigenvalue weighted by atomic mass is 9.79. The number of hydrogen-bond acceptors (Lipinski definition) is 3. The lowest BCUT2D eigenvalue weighted by molar-refractivity contribution is -0.438. The van der Waals surface area contributed by atoms with Crippen molar-refractivity contribution in [3.8, 4) is 5.75 Å². The Hall–Kier alpha value is -3.89. The number of benzene rings is 2. The number of fused-ring (bicyclic) bond motifs is 1. The highest BCUT2D eigenvalue weighted by molar-refractivity contribution is 6.32. The standard InChI is InChI=1S/C44H52ClN2O2/c1-6-46-37-24-14-12-22-35(37)43(2,3)39(46)29-27-32-18-17-19-33(42(32)45)28-30-40-44(4,5)36-23-13-15-25-38(36)47(40)31-16-8-11-26-41(48)49-34-20-9-7-10-21-34/h7,9-10,13-15,20-21,23-25,27-30H,6,8,11-12,16-19,22,26,31H2,1-5H3/q+1. The maximum Gasteiger partial charge on any atom is 0.311 e. The van der Waals surface area contributed by atoms with E-state index in [2.05, 4.69) is 105 Å². The van der Waals surface area contributed by atoms with Crippen LogP contribution in [0.3, 0.4) is 0 Å². The van der Waals surface area contributed by atoms with Crippen LogP contribution in [0.2, 0.25) is 0 Å². The van der Waals surface area contributed by atoms with Crippen molar-refractivity contribution in [3.05, 3.63) is 130 Å². The molecule has 0 atom stereocenters. The Morgan fingerprint density at radius 1 is 0.918 bits per heavy atom. The Morgan fingerprint density at radius 2 is 1.69 bits per heavy atom. The van der Waals surface area contributed by atoms with E-state index in [1.165, 1.54) is 39.5 Å². The number of nitrogens with zero attached hydrogens (tertiary/aromatic N) is 2. The number of para-hydroxylation sites is 2. The molecule has 0 saturated carbocycles. The number of ether oxygens (including phenoxy) is 1. The second-order valence-electron chi connectivity index (χ2n) is 14.7. The molecule has 0 bridgehead atoms. The molecule has 5 heteroatoms. The molecule has 0 saturated heterocycles. The first-order valence-corrected chi connectivity index (χ1v) is 18.7. The molecule has 0 unspecified atom stereocenters. The topological polar surface area (TPSA) is 32.5 Å². The summed E-state index contributed by atoms with van der Waals surface area (Å²) in [5, 5.41) is 0.902. The van der Waals surface area contributed by atoms with E-state index in [1.54, 1.807) is 5.57 Å². The molecule has 49 heavy (non-hydrogen) atoms. The molecule has 0 fully saturated rings. The van der Waals surface area contributed by atoms with E-state index in [4.69, 9.17) is 16.3 Å². The van der Waals surface area contributed by atoms with E-state index in [9.17, 15) is 4.79 Å². The number of likely N-dealkylation sites (N-methyl/N-ethyl adjacent to an activating group) is 1. The molecule has 2 aromatic carbocycles. The van der Waals surface area contributed by atoms with Gasteiger partial charge in [-0.3, -0.25) is 4.79 Å². The van der Waals surface area contributed by atoms with Gasteiger partial charge < -0.3 is 9.64 Å². The van der Waals surface area contributed by atoms with Crippen LogP contribution < -0.4 is 4.74 Å². The van der Waals surface area contributed by atoms with E-state index >= 15 is 0 Å². The number of esters is 1. The van der Waals surface area contributed by atoms with Crippen LogP contribution >= 0.6 is 11.6 Å². The number of unbranched alkanes of at least 4 members (excludes halogenated alkanes) is 2. The third-order valence-corrected chi connectivity index (χ3v) is 11.3. The van der Waals surface area contributed by atoms with Gasteiger partial charge in [-0.25, -0.2) is 0 Å². The second kappa shape index (κ2) is 14.9. The van der Waals surface area contributed by atoms with Gasteiger partial charge in [0.2, 0.25) is 5.69 Å². The summed E-state index contributed by atoms with van der Waals surface area (Å²) in [6, 6.07) is 18.1. The van der Waals surface area contributed by atoms with Crippen molar-refractivity contribution in [2.45, 2.75) is 97.8 Å². The minimum Gasteiger partial charge on any atom is -0.427 e. The average Bonchev–Trinajstić information content (AvgIpc) is 3.45. The van der Waals surface area contributed by atoms with Crippen molar-refractivity contribution in [3.63, 3.8) is 0 Å². The normalized spacial score (nSPS) is 21.4. The zero-order chi connectivity index (χ0) is 34.6. The first-order valence-electron chi connectivity index (χ1n) is 18.3. The zero-order valence-electron chi connectivity index (χ0n) is 30.0. The lowest BCUT2D eigenvalue weighted by Gasteiger charge is -2.28. The minimum atomic E-state index is -0.168. The van der Waals surface area contributed by atoms with Gasteiger partial charge in [0.25, 0.3) is 0 Å². The third-order valence-electron chi connectivity index (χ3n) is 10.8. The average molecular weight is 676 g/mol. The predicted octanol–water partition coefficient (Wildman–Crippen LogP) is 11.2. The third kappa shape index (κ3) is 7.22. The Kier molecular flexibility index (Phi) is 10.6. The number of carbonyl (C=O) groups excluding carboxylic acids is 1. The van der Waals surface area contributed by atoms with Crippen LogP contribution in [-0.2, 0) is 10.2 Å². The molecule has 2 aromatic rings. The van der Waals surface area contributed by atoms with Crippen molar-refractivity contribution in [1.82, 2.24) is 4.90 Å². The molecular formula is C44H52ClN2O2+. The molecule has 0 radical (unpaired) electrons. The molecule has 6 rings (SSSR count). The van der Waals surface area contributed by atoms with Gasteiger partial charge >= 0.3 is 5.97 Å². The van der Waals surface area contributed by atoms with E-state index in [1.807, 2.05) is 30.3 Å². The smallest absolute Gasteiger partial charge is 0.311 e. The van der Waals surface area contributed by atoms with Crippen molar-refractivity contribution in [1.29, 1.82) is 0 Å². The molecule has 2 heterocycles. The molecule has 4 aliphatic rings. The highest BCUT2D eigenvalue weighted by atomic mass is 35.5. The van der Waals surface area contributed by atoms with Crippen LogP contribution in [0.1, 0.15) is 98.0 Å². The van der Waals surface area contributed by atoms with Crippen molar-refractivity contribution in [2.24, 2.45) is 5.41 Å². The highest BCUT2D eigenvalue weighted by Crippen LogP contribution is 2.50. The molecule has 0 aromatic heterocycles. The number of hydrogen-bond donors (Lipinski definition) is 0. The van der Waals surface area contributed by atoms with Gasteiger partial charge in [0.1, 0.15) is 12.3 Å². The van der Waals surface area contributed by atoms with Gasteiger partial charge in [-0.15, -0.1) is 0 Å². The van der Waals surface area contributed by atoms with Crippen LogP contribution in [0.5, 0.6) is 5.75 Å². The fourth-order valence-corrected chi connectivity index (χ4v) is 8.45. The number of rotatable bonds is 11. The second-order valence-corrected chi connectivity index (χ2v) is 15.1. The summed E-state index contributed by atoms with van der Waals surface area (Å²) in [5.74, 6) is 0.440. The summed E-state index contributed by atoms with van der Waals surface area (Å²) in [6.45, 7) is 13.5. The number of carbonyl (C=O) groups is 1. The summed E-state index contributed by atoms with van der Waals surface area (Å²) >= 11 is 7.21. The Balaban J connectivity index is 1.19. The van der Waals surface area contributed by atoms with Crippen molar-refractivity contribution in [2.75, 3.05) is 13.1 Å². The van der Waals surface area contributed by atoms with E-state index in [0.717, 1.165) is 69.5 Å². The fraction of sp³-hybridized carbons (Fsp3) is 0.409. The van der Waals surface area contributed by atoms with E-state index in [-0.39, 0.29) is 16.8 Å². The van der Waals surface area contributed by atoms with Gasteiger partial charge in [-0.1, -0.05) is 80.1 Å². The van der Waals surface area contributed by atoms with Crippen molar-refractivity contribution < 1.29 is 14.1 Å². The van der Waals surface area contributed by atoms with Crippen LogP contribution in [0.4, 0.5) is 5.69 Å². The fourth-order valence-electron chi connectivity index (χ4n) is 8.13. The molecular weight excluding hydrogens is 624 g/mol. The quantitative estimate of drug-likeness (QED) is 0.103. The maximum absolute atomic E-state index is 12.4. The first-order chi connectivity index (χ1) is 23.6. The van der Waals surface area contributed by atoms with E-state index in [0.29, 0.717) is 12.2 Å². The van der Waals surface area contributed by atoms with Gasteiger partial charge in [0.15, 0.2) is 5.71 Å². The van der Waals surface area contributed by atoms with Gasteiger partial charge in [0.05, 0.1) is 5.41 Å². The van der Waals surface area contributed by atoms with Gasteiger partial charge in [0, 0.05) is 58.9 Å². The Morgan fingerprint density at radius 3 is 2.49 bits per heavy atom. The molecule has 256 valence electrons. The Labute approximate surface area is 298 Å². The number of allylic oxidation sites excluding steroid dienone is 10. The molecule has 2 aliphatic heterocycles. The summed E-state index contributed by atoms with van der Waals surface area (Å²) < 4.78 is 7.96. The van der Waals surface area contributed by atoms with Crippen LogP contribution in [-0.4, -0.2) is 34.2 Å². The molecule has 0 N–H and O–H groups in total. The molecule has 4 nitrogen and oxygen atoms in total. The molecule has 0 spiro atoms. The van der Waals surface area contributed by atoms with Crippen LogP contribution in [0, 0.1) is 5.41 Å². The van der Waals surface area contributed by atoms with Gasteiger partial charge in [-0.2, -0.15) is 4.58 Å². The number of halogens is 1. The molecule has 2 aliphatic carbocycles. The summed E-state index contributed by atoms with van der Waals surface area (Å²) in [7, 11) is 0. The molecule has 0 amide bonds. The highest BCUT2D eigenvalue weighted by Gasteiger charge is 2.44. The Bertz CT molecular complexity index is 1800. The van der Waals surface area contributed by atoms with E-state index < -0.39 is 0 Å². The minimum absolute atomic E-state index is 0.0232. The van der Waals surface area contributed by atoms with Crippen molar-refractivity contribution >= 4 is 29.0 Å². The maximum atomic E-state index is 12.4. The summed E-state index contributed by atoms with van der Waals surface area (Å²) in [5.41, 5.74) is 10.6. The zero-order valence-corrected chi connectivity index (χ0v) is 30.8. The predicted molar refractivity (Wildman–Crippen MR) is 203 cm³/mol. The lowest BCUT2D eigenvalue weighted by Crippen LogP contribution is -2.28. The first kappa shape index (κ1) is 35.0. The summed E-state index contributed by atoms with van der Waals surface area (Å²) in [6.07, 6.45) is 22.4. The largest absolute Gasteiger partial charge is 0.427 e. The van der Waals surface area contributed by atoms with Crippen LogP contribution in [0.15, 0.2) is 124 Å². The van der Waals surface area contributed by atoms with Gasteiger partial charge in [-0.05, 0) is 107 Å². The van der Waals surface area contributed by atoms with Crippen LogP contribution in [0.25, 0.3) is 0 Å².